The number of fused-ring (bicyclic) bond motifs is 2. The summed E-state index contributed by atoms with van der Waals surface area (Å²) in [5, 5.41) is 11.9. The number of anilines is 1. The lowest BCUT2D eigenvalue weighted by Gasteiger charge is -2.10. The van der Waals surface area contributed by atoms with Crippen molar-refractivity contribution in [2.45, 2.75) is 19.4 Å². The molecule has 2 aromatic heterocycles. The van der Waals surface area contributed by atoms with Gasteiger partial charge in [-0.15, -0.1) is 11.3 Å². The van der Waals surface area contributed by atoms with Crippen molar-refractivity contribution in [3.05, 3.63) is 94.7 Å². The second-order valence-electron chi connectivity index (χ2n) is 8.32. The fourth-order valence-electron chi connectivity index (χ4n) is 4.13. The summed E-state index contributed by atoms with van der Waals surface area (Å²) in [6.07, 6.45) is 3.98. The van der Waals surface area contributed by atoms with E-state index in [1.165, 1.54) is 11.6 Å². The largest absolute Gasteiger partial charge is 0.384 e. The van der Waals surface area contributed by atoms with E-state index in [1.807, 2.05) is 36.5 Å². The van der Waals surface area contributed by atoms with Crippen molar-refractivity contribution in [1.29, 1.82) is 0 Å². The number of thiophene rings is 1. The molecule has 5 rings (SSSR count). The highest BCUT2D eigenvalue weighted by Crippen LogP contribution is 2.34. The summed E-state index contributed by atoms with van der Waals surface area (Å²) in [4.78, 5) is 4.39. The minimum absolute atomic E-state index is 0.192. The topological polar surface area (TPSA) is 37.0 Å². The van der Waals surface area contributed by atoms with E-state index in [2.05, 4.69) is 45.3 Å². The summed E-state index contributed by atoms with van der Waals surface area (Å²) in [5.74, 6) is -0.192. The van der Waals surface area contributed by atoms with Crippen LogP contribution in [0, 0.1) is 5.82 Å². The summed E-state index contributed by atoms with van der Waals surface area (Å²) in [5.41, 5.74) is 5.46. The Hall–Kier alpha value is -2.99. The molecule has 0 spiro atoms. The Morgan fingerprint density at radius 3 is 2.62 bits per heavy atom. The van der Waals surface area contributed by atoms with Gasteiger partial charge in [-0.3, -0.25) is 4.98 Å². The molecule has 5 aromatic rings. The third-order valence-electron chi connectivity index (χ3n) is 5.93. The number of rotatable bonds is 9. The quantitative estimate of drug-likeness (QED) is 0.207. The standard InChI is InChI=1S/C28H25ClFN3S/c29-21-7-9-23-26(11-14-33-27(23)15-21)32-13-2-1-12-31-17-19-3-5-20(6-4-19)25-18-34-28-10-8-22(30)16-24(25)28/h3-11,14-16,18,31H,1-2,12-13,17H2,(H,32,33). The average molecular weight is 490 g/mol. The fraction of sp³-hybridized carbons (Fsp3) is 0.179. The van der Waals surface area contributed by atoms with Crippen LogP contribution < -0.4 is 10.6 Å². The molecule has 0 saturated heterocycles. The Balaban J connectivity index is 1.07. The lowest BCUT2D eigenvalue weighted by molar-refractivity contribution is 0.630. The number of benzene rings is 3. The minimum Gasteiger partial charge on any atom is -0.384 e. The van der Waals surface area contributed by atoms with Crippen LogP contribution in [0.5, 0.6) is 0 Å². The van der Waals surface area contributed by atoms with Crippen LogP contribution >= 0.6 is 22.9 Å². The van der Waals surface area contributed by atoms with Gasteiger partial charge in [-0.25, -0.2) is 4.39 Å². The number of aromatic nitrogens is 1. The van der Waals surface area contributed by atoms with Crippen LogP contribution in [0.4, 0.5) is 10.1 Å². The molecular formula is C28H25ClFN3S. The molecule has 0 radical (unpaired) electrons. The normalized spacial score (nSPS) is 11.4. The molecule has 0 amide bonds. The third-order valence-corrected chi connectivity index (χ3v) is 7.13. The van der Waals surface area contributed by atoms with Crippen LogP contribution in [0.2, 0.25) is 5.02 Å². The predicted molar refractivity (Wildman–Crippen MR) is 143 cm³/mol. The van der Waals surface area contributed by atoms with E-state index in [0.29, 0.717) is 5.02 Å². The van der Waals surface area contributed by atoms with Gasteiger partial charge in [-0.1, -0.05) is 35.9 Å². The van der Waals surface area contributed by atoms with Gasteiger partial charge in [0.1, 0.15) is 5.82 Å². The minimum atomic E-state index is -0.192. The van der Waals surface area contributed by atoms with Crippen LogP contribution in [0.15, 0.2) is 78.3 Å². The second-order valence-corrected chi connectivity index (χ2v) is 9.67. The molecule has 0 aliphatic heterocycles. The first-order valence-electron chi connectivity index (χ1n) is 11.4. The molecule has 34 heavy (non-hydrogen) atoms. The number of hydrogen-bond donors (Lipinski definition) is 2. The monoisotopic (exact) mass is 489 g/mol. The van der Waals surface area contributed by atoms with Crippen molar-refractivity contribution in [2.24, 2.45) is 0 Å². The summed E-state index contributed by atoms with van der Waals surface area (Å²) in [6.45, 7) is 2.71. The molecular weight excluding hydrogens is 465 g/mol. The smallest absolute Gasteiger partial charge is 0.123 e. The lowest BCUT2D eigenvalue weighted by atomic mass is 10.0. The van der Waals surface area contributed by atoms with Crippen LogP contribution in [0.3, 0.4) is 0 Å². The van der Waals surface area contributed by atoms with E-state index in [0.717, 1.165) is 70.3 Å². The third kappa shape index (κ3) is 5.22. The molecule has 0 atom stereocenters. The van der Waals surface area contributed by atoms with Gasteiger partial charge in [-0.2, -0.15) is 0 Å². The lowest BCUT2D eigenvalue weighted by Crippen LogP contribution is -2.15. The fourth-order valence-corrected chi connectivity index (χ4v) is 5.25. The van der Waals surface area contributed by atoms with E-state index in [9.17, 15) is 4.39 Å². The summed E-state index contributed by atoms with van der Waals surface area (Å²) < 4.78 is 14.8. The van der Waals surface area contributed by atoms with Gasteiger partial charge in [0.25, 0.3) is 0 Å². The van der Waals surface area contributed by atoms with E-state index >= 15 is 0 Å². The molecule has 0 aliphatic rings. The van der Waals surface area contributed by atoms with Gasteiger partial charge in [0.05, 0.1) is 5.52 Å². The number of halogens is 2. The van der Waals surface area contributed by atoms with Crippen LogP contribution in [-0.2, 0) is 6.54 Å². The van der Waals surface area contributed by atoms with E-state index in [-0.39, 0.29) is 5.82 Å². The molecule has 0 fully saturated rings. The van der Waals surface area contributed by atoms with Gasteiger partial charge in [0.15, 0.2) is 0 Å². The van der Waals surface area contributed by atoms with Crippen molar-refractivity contribution in [3.63, 3.8) is 0 Å². The first-order chi connectivity index (χ1) is 16.7. The maximum atomic E-state index is 13.7. The molecule has 3 aromatic carbocycles. The molecule has 6 heteroatoms. The van der Waals surface area contributed by atoms with E-state index in [4.69, 9.17) is 11.6 Å². The molecule has 2 heterocycles. The second kappa shape index (κ2) is 10.5. The first kappa shape index (κ1) is 22.8. The molecule has 3 nitrogen and oxygen atoms in total. The van der Waals surface area contributed by atoms with Gasteiger partial charge >= 0.3 is 0 Å². The van der Waals surface area contributed by atoms with Crippen molar-refractivity contribution < 1.29 is 4.39 Å². The molecule has 172 valence electrons. The number of unbranched alkanes of at least 4 members (excludes halogenated alkanes) is 1. The summed E-state index contributed by atoms with van der Waals surface area (Å²) >= 11 is 7.72. The SMILES string of the molecule is Fc1ccc2scc(-c3ccc(CNCCCCNc4ccnc5cc(Cl)ccc45)cc3)c2c1. The highest BCUT2D eigenvalue weighted by atomic mass is 35.5. The zero-order valence-electron chi connectivity index (χ0n) is 18.7. The Labute approximate surface area is 207 Å². The molecule has 2 N–H and O–H groups in total. The zero-order valence-corrected chi connectivity index (χ0v) is 20.2. The molecule has 0 bridgehead atoms. The highest BCUT2D eigenvalue weighted by Gasteiger charge is 2.08. The van der Waals surface area contributed by atoms with Crippen molar-refractivity contribution in [3.8, 4) is 11.1 Å². The van der Waals surface area contributed by atoms with Crippen LogP contribution in [0.1, 0.15) is 18.4 Å². The maximum Gasteiger partial charge on any atom is 0.123 e. The Kier molecular flexibility index (Phi) is 7.05. The van der Waals surface area contributed by atoms with Crippen molar-refractivity contribution >= 4 is 49.6 Å². The van der Waals surface area contributed by atoms with Gasteiger partial charge in [0.2, 0.25) is 0 Å². The number of nitrogens with one attached hydrogen (secondary N) is 2. The predicted octanol–water partition coefficient (Wildman–Crippen LogP) is 7.89. The summed E-state index contributed by atoms with van der Waals surface area (Å²) in [7, 11) is 0. The summed E-state index contributed by atoms with van der Waals surface area (Å²) in [6, 6.07) is 21.3. The number of pyridine rings is 1. The maximum absolute atomic E-state index is 13.7. The van der Waals surface area contributed by atoms with Gasteiger partial charge in [-0.05, 0) is 78.4 Å². The number of nitrogens with zero attached hydrogens (tertiary/aromatic N) is 1. The Morgan fingerprint density at radius 1 is 0.882 bits per heavy atom. The highest BCUT2D eigenvalue weighted by molar-refractivity contribution is 7.17. The van der Waals surface area contributed by atoms with E-state index < -0.39 is 0 Å². The van der Waals surface area contributed by atoms with Crippen molar-refractivity contribution in [1.82, 2.24) is 10.3 Å². The first-order valence-corrected chi connectivity index (χ1v) is 12.7. The van der Waals surface area contributed by atoms with Gasteiger partial charge in [0, 0.05) is 51.0 Å². The Morgan fingerprint density at radius 2 is 1.74 bits per heavy atom. The van der Waals surface area contributed by atoms with E-state index in [1.54, 1.807) is 17.4 Å². The Bertz CT molecular complexity index is 1410. The zero-order chi connectivity index (χ0) is 23.3. The average Bonchev–Trinajstić information content (AvgIpc) is 3.26. The molecule has 0 aliphatic carbocycles. The van der Waals surface area contributed by atoms with Crippen molar-refractivity contribution in [2.75, 3.05) is 18.4 Å². The van der Waals surface area contributed by atoms with Gasteiger partial charge < -0.3 is 10.6 Å². The number of hydrogen-bond acceptors (Lipinski definition) is 4. The molecule has 0 unspecified atom stereocenters. The van der Waals surface area contributed by atoms with Crippen LogP contribution in [-0.4, -0.2) is 18.1 Å². The van der Waals surface area contributed by atoms with Crippen LogP contribution in [0.25, 0.3) is 32.1 Å². The molecule has 0 saturated carbocycles.